The maximum Gasteiger partial charge on any atom is 0.0666 e. The van der Waals surface area contributed by atoms with Crippen molar-refractivity contribution in [3.63, 3.8) is 0 Å². The van der Waals surface area contributed by atoms with Crippen LogP contribution in [0.1, 0.15) is 35.0 Å². The fourth-order valence-corrected chi connectivity index (χ4v) is 2.32. The predicted octanol–water partition coefficient (Wildman–Crippen LogP) is 5.13. The summed E-state index contributed by atoms with van der Waals surface area (Å²) < 4.78 is 0. The fourth-order valence-electron chi connectivity index (χ4n) is 1.86. The highest BCUT2D eigenvalue weighted by Gasteiger charge is 2.19. The van der Waals surface area contributed by atoms with Gasteiger partial charge in [0.05, 0.1) is 5.38 Å². The van der Waals surface area contributed by atoms with Crippen molar-refractivity contribution in [2.45, 2.75) is 25.1 Å². The van der Waals surface area contributed by atoms with Gasteiger partial charge in [0.15, 0.2) is 0 Å². The highest BCUT2D eigenvalue weighted by molar-refractivity contribution is 6.31. The third kappa shape index (κ3) is 2.85. The van der Waals surface area contributed by atoms with Crippen molar-refractivity contribution in [3.05, 3.63) is 64.4 Å². The molecule has 0 amide bonds. The molecule has 0 aliphatic carbocycles. The number of halogens is 2. The summed E-state index contributed by atoms with van der Waals surface area (Å²) in [5.74, 6) is 0.145. The molecular formula is C15H15Cl2N. The summed E-state index contributed by atoms with van der Waals surface area (Å²) in [6.45, 7) is 4.06. The maximum atomic E-state index is 6.52. The van der Waals surface area contributed by atoms with Crippen LogP contribution in [0, 0.1) is 6.92 Å². The van der Waals surface area contributed by atoms with Gasteiger partial charge in [0.2, 0.25) is 0 Å². The van der Waals surface area contributed by atoms with E-state index in [9.17, 15) is 0 Å². The lowest BCUT2D eigenvalue weighted by Gasteiger charge is -2.18. The number of hydrogen-bond donors (Lipinski definition) is 0. The lowest BCUT2D eigenvalue weighted by molar-refractivity contribution is 0.706. The van der Waals surface area contributed by atoms with E-state index < -0.39 is 0 Å². The molecule has 0 saturated heterocycles. The van der Waals surface area contributed by atoms with Crippen molar-refractivity contribution in [2.24, 2.45) is 0 Å². The first kappa shape index (κ1) is 13.4. The minimum absolute atomic E-state index is 0.127. The van der Waals surface area contributed by atoms with Gasteiger partial charge in [0, 0.05) is 22.8 Å². The van der Waals surface area contributed by atoms with Crippen molar-refractivity contribution in [2.75, 3.05) is 0 Å². The number of pyridine rings is 1. The normalized spacial score (nSPS) is 14.2. The smallest absolute Gasteiger partial charge is 0.0666 e. The fraction of sp³-hybridized carbons (Fsp3) is 0.267. The van der Waals surface area contributed by atoms with Gasteiger partial charge in [-0.2, -0.15) is 0 Å². The van der Waals surface area contributed by atoms with Crippen LogP contribution in [0.4, 0.5) is 0 Å². The second-order valence-corrected chi connectivity index (χ2v) is 5.33. The molecule has 0 spiro atoms. The molecule has 0 aliphatic rings. The predicted molar refractivity (Wildman–Crippen MR) is 77.4 cm³/mol. The molecule has 1 aromatic carbocycles. The van der Waals surface area contributed by atoms with Crippen LogP contribution in [-0.2, 0) is 0 Å². The lowest BCUT2D eigenvalue weighted by Crippen LogP contribution is -2.04. The SMILES string of the molecule is Cc1ccc(C(Cl)C(C)c2ccccn2)cc1Cl. The highest BCUT2D eigenvalue weighted by Crippen LogP contribution is 2.36. The molecule has 2 aromatic rings. The van der Waals surface area contributed by atoms with Gasteiger partial charge in [-0.1, -0.05) is 36.7 Å². The molecule has 1 heterocycles. The molecule has 94 valence electrons. The molecule has 3 heteroatoms. The lowest BCUT2D eigenvalue weighted by atomic mass is 9.96. The van der Waals surface area contributed by atoms with E-state index in [0.717, 1.165) is 21.8 Å². The minimum Gasteiger partial charge on any atom is -0.261 e. The molecule has 0 aliphatic heterocycles. The number of aryl methyl sites for hydroxylation is 1. The van der Waals surface area contributed by atoms with Crippen molar-refractivity contribution in [3.8, 4) is 0 Å². The topological polar surface area (TPSA) is 12.9 Å². The van der Waals surface area contributed by atoms with Crippen LogP contribution >= 0.6 is 23.2 Å². The van der Waals surface area contributed by atoms with Crippen LogP contribution in [0.2, 0.25) is 5.02 Å². The maximum absolute atomic E-state index is 6.52. The van der Waals surface area contributed by atoms with Crippen molar-refractivity contribution >= 4 is 23.2 Å². The van der Waals surface area contributed by atoms with Gasteiger partial charge in [-0.15, -0.1) is 11.6 Å². The van der Waals surface area contributed by atoms with Crippen LogP contribution < -0.4 is 0 Å². The third-order valence-electron chi connectivity index (χ3n) is 3.11. The summed E-state index contributed by atoms with van der Waals surface area (Å²) in [5, 5.41) is 0.629. The molecule has 2 rings (SSSR count). The van der Waals surface area contributed by atoms with E-state index in [1.165, 1.54) is 0 Å². The molecule has 18 heavy (non-hydrogen) atoms. The summed E-state index contributed by atoms with van der Waals surface area (Å²) in [4.78, 5) is 4.35. The number of hydrogen-bond acceptors (Lipinski definition) is 1. The zero-order valence-electron chi connectivity index (χ0n) is 10.4. The third-order valence-corrected chi connectivity index (χ3v) is 4.14. The molecule has 0 N–H and O–H groups in total. The molecule has 2 unspecified atom stereocenters. The molecule has 1 aromatic heterocycles. The summed E-state index contributed by atoms with van der Waals surface area (Å²) >= 11 is 12.7. The number of benzene rings is 1. The first-order valence-electron chi connectivity index (χ1n) is 5.90. The summed E-state index contributed by atoms with van der Waals surface area (Å²) in [6, 6.07) is 11.8. The quantitative estimate of drug-likeness (QED) is 0.710. The van der Waals surface area contributed by atoms with E-state index in [4.69, 9.17) is 23.2 Å². The second kappa shape index (κ2) is 5.73. The van der Waals surface area contributed by atoms with E-state index in [0.29, 0.717) is 0 Å². The number of alkyl halides is 1. The first-order valence-corrected chi connectivity index (χ1v) is 6.72. The van der Waals surface area contributed by atoms with E-state index in [-0.39, 0.29) is 11.3 Å². The van der Waals surface area contributed by atoms with Crippen LogP contribution in [0.5, 0.6) is 0 Å². The molecule has 0 fully saturated rings. The van der Waals surface area contributed by atoms with E-state index in [1.807, 2.05) is 43.3 Å². The molecule has 2 atom stereocenters. The van der Waals surface area contributed by atoms with Gasteiger partial charge >= 0.3 is 0 Å². The van der Waals surface area contributed by atoms with Gasteiger partial charge < -0.3 is 0 Å². The first-order chi connectivity index (χ1) is 8.59. The van der Waals surface area contributed by atoms with E-state index in [1.54, 1.807) is 6.20 Å². The Hall–Kier alpha value is -1.05. The van der Waals surface area contributed by atoms with Gasteiger partial charge in [-0.05, 0) is 36.2 Å². The van der Waals surface area contributed by atoms with Crippen molar-refractivity contribution in [1.82, 2.24) is 4.98 Å². The summed E-state index contributed by atoms with van der Waals surface area (Å²) in [6.07, 6.45) is 1.79. The Labute approximate surface area is 118 Å². The molecule has 1 nitrogen and oxygen atoms in total. The Bertz CT molecular complexity index is 525. The van der Waals surface area contributed by atoms with Gasteiger partial charge in [-0.3, -0.25) is 4.98 Å². The van der Waals surface area contributed by atoms with E-state index >= 15 is 0 Å². The Morgan fingerprint density at radius 1 is 1.17 bits per heavy atom. The van der Waals surface area contributed by atoms with Crippen molar-refractivity contribution < 1.29 is 0 Å². The number of nitrogens with zero attached hydrogens (tertiary/aromatic N) is 1. The Kier molecular flexibility index (Phi) is 4.26. The van der Waals surface area contributed by atoms with Crippen LogP contribution in [0.3, 0.4) is 0 Å². The molecular weight excluding hydrogens is 265 g/mol. The number of rotatable bonds is 3. The highest BCUT2D eigenvalue weighted by atomic mass is 35.5. The average molecular weight is 280 g/mol. The zero-order chi connectivity index (χ0) is 13.1. The largest absolute Gasteiger partial charge is 0.261 e. The Balaban J connectivity index is 2.25. The van der Waals surface area contributed by atoms with Gasteiger partial charge in [0.25, 0.3) is 0 Å². The van der Waals surface area contributed by atoms with Crippen LogP contribution in [0.25, 0.3) is 0 Å². The average Bonchev–Trinajstić information content (AvgIpc) is 2.41. The Morgan fingerprint density at radius 3 is 2.56 bits per heavy atom. The van der Waals surface area contributed by atoms with Crippen molar-refractivity contribution in [1.29, 1.82) is 0 Å². The number of aromatic nitrogens is 1. The minimum atomic E-state index is -0.127. The standard InChI is InChI=1S/C15H15Cl2N/c1-10-6-7-12(9-13(10)16)15(17)11(2)14-5-3-4-8-18-14/h3-9,11,15H,1-2H3. The van der Waals surface area contributed by atoms with E-state index in [2.05, 4.69) is 11.9 Å². The summed E-state index contributed by atoms with van der Waals surface area (Å²) in [5.41, 5.74) is 3.09. The zero-order valence-corrected chi connectivity index (χ0v) is 11.9. The molecule has 0 saturated carbocycles. The van der Waals surface area contributed by atoms with Gasteiger partial charge in [-0.25, -0.2) is 0 Å². The van der Waals surface area contributed by atoms with Crippen LogP contribution in [-0.4, -0.2) is 4.98 Å². The monoisotopic (exact) mass is 279 g/mol. The summed E-state index contributed by atoms with van der Waals surface area (Å²) in [7, 11) is 0. The van der Waals surface area contributed by atoms with Gasteiger partial charge in [0.1, 0.15) is 0 Å². The van der Waals surface area contributed by atoms with Crippen LogP contribution in [0.15, 0.2) is 42.6 Å². The second-order valence-electron chi connectivity index (χ2n) is 4.45. The Morgan fingerprint density at radius 2 is 1.94 bits per heavy atom. The molecule has 0 bridgehead atoms. The molecule has 0 radical (unpaired) electrons.